The lowest BCUT2D eigenvalue weighted by atomic mass is 9.42. The molecule has 0 saturated heterocycles. The molecule has 0 aromatic rings. The van der Waals surface area contributed by atoms with Gasteiger partial charge in [-0.15, -0.1) is 23.2 Å². The molecule has 5 fully saturated rings. The number of rotatable bonds is 20. The van der Waals surface area contributed by atoms with Crippen LogP contribution in [0.15, 0.2) is 0 Å². The zero-order chi connectivity index (χ0) is 33.7. The molecule has 0 aromatic carbocycles. The van der Waals surface area contributed by atoms with E-state index in [9.17, 15) is 0 Å². The van der Waals surface area contributed by atoms with Crippen LogP contribution < -0.4 is 0 Å². The minimum atomic E-state index is -0.461. The molecule has 5 saturated carbocycles. The molecule has 2 spiro atoms. The summed E-state index contributed by atoms with van der Waals surface area (Å²) >= 11 is 15.1. The molecule has 0 aliphatic heterocycles. The minimum absolute atomic E-state index is 0.237. The van der Waals surface area contributed by atoms with Crippen LogP contribution in [0.3, 0.4) is 0 Å². The van der Waals surface area contributed by atoms with E-state index in [1.807, 2.05) is 0 Å². The monoisotopic (exact) mass is 705 g/mol. The van der Waals surface area contributed by atoms with Gasteiger partial charge in [0.1, 0.15) is 4.33 Å². The summed E-state index contributed by atoms with van der Waals surface area (Å²) in [6.07, 6.45) is 50.7. The fourth-order valence-electron chi connectivity index (χ4n) is 12.7. The van der Waals surface area contributed by atoms with Gasteiger partial charge in [-0.05, 0) is 119 Å². The van der Waals surface area contributed by atoms with E-state index in [4.69, 9.17) is 23.2 Å². The van der Waals surface area contributed by atoms with Crippen LogP contribution in [0.5, 0.6) is 0 Å². The normalized spacial score (nSPS) is 36.8. The smallest absolute Gasteiger partial charge is 0.100 e. The Kier molecular flexibility index (Phi) is 16.7. The van der Waals surface area contributed by atoms with Crippen LogP contribution in [0.25, 0.3) is 0 Å². The van der Waals surface area contributed by atoms with Crippen molar-refractivity contribution in [3.63, 3.8) is 0 Å². The van der Waals surface area contributed by atoms with Crippen LogP contribution in [-0.2, 0) is 0 Å². The zero-order valence-electron chi connectivity index (χ0n) is 32.5. The lowest BCUT2D eigenvalue weighted by Crippen LogP contribution is -2.66. The third-order valence-corrected chi connectivity index (χ3v) is 17.6. The van der Waals surface area contributed by atoms with E-state index in [0.717, 1.165) is 35.5 Å². The third kappa shape index (κ3) is 10.4. The van der Waals surface area contributed by atoms with E-state index < -0.39 is 4.33 Å². The van der Waals surface area contributed by atoms with Crippen LogP contribution in [0, 0.1) is 46.3 Å². The van der Waals surface area contributed by atoms with E-state index in [1.165, 1.54) is 225 Å². The maximum Gasteiger partial charge on any atom is 0.129 e. The molecule has 0 aromatic heterocycles. The van der Waals surface area contributed by atoms with E-state index in [2.05, 4.69) is 13.8 Å². The largest absolute Gasteiger partial charge is 0.129 e. The molecule has 280 valence electrons. The Balaban J connectivity index is 0.928. The fraction of sp³-hybridized carbons (Fsp3) is 1.00. The van der Waals surface area contributed by atoms with Crippen LogP contribution in [-0.4, -0.2) is 4.33 Å². The molecule has 5 rings (SSSR count). The van der Waals surface area contributed by atoms with Gasteiger partial charge in [0.25, 0.3) is 0 Å². The summed E-state index contributed by atoms with van der Waals surface area (Å²) in [5.41, 5.74) is 0.474. The highest BCUT2D eigenvalue weighted by Gasteiger charge is 2.72. The van der Waals surface area contributed by atoms with Crippen LogP contribution in [0.1, 0.15) is 239 Å². The molecule has 0 heterocycles. The first kappa shape index (κ1) is 39.8. The maximum absolute atomic E-state index is 7.55. The minimum Gasteiger partial charge on any atom is -0.100 e. The predicted molar refractivity (Wildman–Crippen MR) is 213 cm³/mol. The zero-order valence-corrected chi connectivity index (χ0v) is 34.0. The highest BCUT2D eigenvalue weighted by molar-refractivity contribution is 6.50. The highest BCUT2D eigenvalue weighted by Crippen LogP contribution is 2.77. The first-order chi connectivity index (χ1) is 23.4. The fourth-order valence-corrected chi connectivity index (χ4v) is 13.7. The molecular weight excluding hydrogens is 623 g/mol. The molecule has 48 heavy (non-hydrogen) atoms. The second kappa shape index (κ2) is 20.1. The van der Waals surface area contributed by atoms with Crippen molar-refractivity contribution in [2.24, 2.45) is 46.3 Å². The van der Waals surface area contributed by atoms with Gasteiger partial charge in [0.2, 0.25) is 0 Å². The average Bonchev–Trinajstić information content (AvgIpc) is 3.12. The quantitative estimate of drug-likeness (QED) is 0.0874. The molecule has 5 aliphatic carbocycles. The van der Waals surface area contributed by atoms with Crippen molar-refractivity contribution in [1.29, 1.82) is 0 Å². The second-order valence-corrected chi connectivity index (χ2v) is 20.4. The highest BCUT2D eigenvalue weighted by atomic mass is 35.5. The number of hydrogen-bond donors (Lipinski definition) is 0. The topological polar surface area (TPSA) is 0 Å². The van der Waals surface area contributed by atoms with Crippen molar-refractivity contribution >= 4 is 23.2 Å². The molecule has 5 aliphatic rings. The van der Waals surface area contributed by atoms with Gasteiger partial charge in [-0.2, -0.15) is 0 Å². The lowest BCUT2D eigenvalue weighted by molar-refractivity contribution is -0.122. The van der Waals surface area contributed by atoms with E-state index in [0.29, 0.717) is 0 Å². The van der Waals surface area contributed by atoms with Crippen LogP contribution in [0.4, 0.5) is 0 Å². The SMILES string of the molecule is CCCCCCCCCCC1CCC(C2CC[C@]3(CC2)C[C@@]2(CC[C@H](C4CCC(CCCCCCCCCC)CC4)CC2)C3(Cl)Cl)CC1. The first-order valence-corrected chi connectivity index (χ1v) is 23.6. The third-order valence-electron chi connectivity index (χ3n) is 16.0. The second-order valence-electron chi connectivity index (χ2n) is 19.1. The standard InChI is InChI=1S/C46H82Cl2/c1-3-5-7-9-11-13-15-17-19-38-21-25-40(26-22-38)42-29-33-44(34-30-42)37-45(46(44,47)48)35-31-43(32-36-45)41-27-23-39(24-28-41)20-18-16-14-12-10-8-6-4-2/h38-43H,3-37H2,1-2H3/t38?,39?,40?,41?,42-,43?,44-,45-. The van der Waals surface area contributed by atoms with Gasteiger partial charge >= 0.3 is 0 Å². The van der Waals surface area contributed by atoms with Crippen molar-refractivity contribution in [3.05, 3.63) is 0 Å². The molecule has 2 heteroatoms. The Bertz CT molecular complexity index is 777. The Morgan fingerprint density at radius 2 is 0.667 bits per heavy atom. The van der Waals surface area contributed by atoms with Gasteiger partial charge in [0.05, 0.1) is 0 Å². The Labute approximate surface area is 311 Å². The maximum atomic E-state index is 7.55. The van der Waals surface area contributed by atoms with Gasteiger partial charge in [-0.1, -0.05) is 155 Å². The van der Waals surface area contributed by atoms with E-state index in [-0.39, 0.29) is 10.8 Å². The van der Waals surface area contributed by atoms with Gasteiger partial charge < -0.3 is 0 Å². The Morgan fingerprint density at radius 3 is 0.979 bits per heavy atom. The number of unbranched alkanes of at least 4 members (excludes halogenated alkanes) is 14. The molecule has 0 radical (unpaired) electrons. The first-order valence-electron chi connectivity index (χ1n) is 22.8. The van der Waals surface area contributed by atoms with Crippen molar-refractivity contribution < 1.29 is 0 Å². The number of alkyl halides is 2. The summed E-state index contributed by atoms with van der Waals surface area (Å²) < 4.78 is -0.461. The van der Waals surface area contributed by atoms with Crippen molar-refractivity contribution in [1.82, 2.24) is 0 Å². The Morgan fingerprint density at radius 1 is 0.375 bits per heavy atom. The summed E-state index contributed by atoms with van der Waals surface area (Å²) in [4.78, 5) is 0. The summed E-state index contributed by atoms with van der Waals surface area (Å²) in [5.74, 6) is 5.98. The van der Waals surface area contributed by atoms with E-state index >= 15 is 0 Å². The molecule has 0 N–H and O–H groups in total. The number of hydrogen-bond acceptors (Lipinski definition) is 0. The van der Waals surface area contributed by atoms with Gasteiger partial charge in [-0.3, -0.25) is 0 Å². The number of halogens is 2. The van der Waals surface area contributed by atoms with Crippen LogP contribution in [0.2, 0.25) is 0 Å². The molecule has 0 bridgehead atoms. The van der Waals surface area contributed by atoms with Crippen molar-refractivity contribution in [2.75, 3.05) is 0 Å². The van der Waals surface area contributed by atoms with E-state index in [1.54, 1.807) is 0 Å². The van der Waals surface area contributed by atoms with Crippen LogP contribution >= 0.6 is 23.2 Å². The predicted octanol–water partition coefficient (Wildman–Crippen LogP) is 16.6. The van der Waals surface area contributed by atoms with Gasteiger partial charge in [-0.25, -0.2) is 0 Å². The summed E-state index contributed by atoms with van der Waals surface area (Å²) in [5, 5.41) is 0. The molecule has 0 unspecified atom stereocenters. The summed E-state index contributed by atoms with van der Waals surface area (Å²) in [7, 11) is 0. The molecule has 0 amide bonds. The summed E-state index contributed by atoms with van der Waals surface area (Å²) in [6.45, 7) is 4.64. The van der Waals surface area contributed by atoms with Crippen molar-refractivity contribution in [3.8, 4) is 0 Å². The van der Waals surface area contributed by atoms with Gasteiger partial charge in [0, 0.05) is 10.8 Å². The lowest BCUT2D eigenvalue weighted by Gasteiger charge is -2.69. The summed E-state index contributed by atoms with van der Waals surface area (Å²) in [6, 6.07) is 0. The van der Waals surface area contributed by atoms with Crippen molar-refractivity contribution in [2.45, 2.75) is 243 Å². The molecular formula is C46H82Cl2. The average molecular weight is 706 g/mol. The van der Waals surface area contributed by atoms with Gasteiger partial charge in [0.15, 0.2) is 0 Å². The Hall–Kier alpha value is 0.580. The molecule has 0 atom stereocenters. The molecule has 0 nitrogen and oxygen atoms in total.